The van der Waals surface area contributed by atoms with Gasteiger partial charge in [-0.3, -0.25) is 4.79 Å². The van der Waals surface area contributed by atoms with E-state index in [1.807, 2.05) is 0 Å². The van der Waals surface area contributed by atoms with Gasteiger partial charge in [-0.2, -0.15) is 0 Å². The molecule has 1 heterocycles. The van der Waals surface area contributed by atoms with Gasteiger partial charge >= 0.3 is 5.97 Å². The zero-order chi connectivity index (χ0) is 14.7. The molecule has 0 aliphatic rings. The molecule has 5 nitrogen and oxygen atoms in total. The summed E-state index contributed by atoms with van der Waals surface area (Å²) in [7, 11) is 0. The largest absolute Gasteiger partial charge is 0.481 e. The molecule has 0 aliphatic carbocycles. The van der Waals surface area contributed by atoms with E-state index in [0.29, 0.717) is 28.9 Å². The van der Waals surface area contributed by atoms with E-state index in [1.165, 1.54) is 6.26 Å². The van der Waals surface area contributed by atoms with Crippen molar-refractivity contribution in [2.24, 2.45) is 0 Å². The minimum atomic E-state index is -0.454. The summed E-state index contributed by atoms with van der Waals surface area (Å²) in [5.74, 6) is 0.000538. The van der Waals surface area contributed by atoms with Crippen LogP contribution in [0, 0.1) is 6.92 Å². The molecule has 0 atom stereocenters. The maximum Gasteiger partial charge on any atom is 0.344 e. The number of carbonyl (C=O) groups excluding carboxylic acids is 1. The molecule has 0 spiro atoms. The average Bonchev–Trinajstić information content (AvgIpc) is 2.42. The third-order valence-corrected chi connectivity index (χ3v) is 3.01. The molecule has 1 aromatic carbocycles. The molecule has 0 bridgehead atoms. The first-order valence-electron chi connectivity index (χ1n) is 6.03. The van der Waals surface area contributed by atoms with Gasteiger partial charge in [-0.05, 0) is 26.0 Å². The highest BCUT2D eigenvalue weighted by molar-refractivity contribution is 6.30. The van der Waals surface area contributed by atoms with Gasteiger partial charge in [-0.1, -0.05) is 11.6 Å². The molecular weight excluding hydrogens is 284 g/mol. The first-order valence-corrected chi connectivity index (χ1v) is 6.41. The molecule has 0 unspecified atom stereocenters. The van der Waals surface area contributed by atoms with Crippen LogP contribution in [0.2, 0.25) is 5.02 Å². The molecule has 1 aromatic heterocycles. The van der Waals surface area contributed by atoms with Gasteiger partial charge in [0.05, 0.1) is 12.0 Å². The molecule has 2 rings (SSSR count). The molecule has 0 amide bonds. The Hall–Kier alpha value is -2.01. The lowest BCUT2D eigenvalue weighted by Gasteiger charge is -2.10. The van der Waals surface area contributed by atoms with Crippen LogP contribution in [0.3, 0.4) is 0 Å². The van der Waals surface area contributed by atoms with Crippen LogP contribution in [-0.2, 0) is 9.53 Å². The van der Waals surface area contributed by atoms with Crippen molar-refractivity contribution in [3.8, 4) is 5.75 Å². The molecule has 2 aromatic rings. The summed E-state index contributed by atoms with van der Waals surface area (Å²) < 4.78 is 15.5. The number of benzene rings is 1. The number of fused-ring (bicyclic) bond motifs is 1. The van der Waals surface area contributed by atoms with Gasteiger partial charge in [0.2, 0.25) is 5.43 Å². The van der Waals surface area contributed by atoms with Gasteiger partial charge in [-0.15, -0.1) is 0 Å². The number of hydrogen-bond donors (Lipinski definition) is 0. The van der Waals surface area contributed by atoms with Gasteiger partial charge in [0.1, 0.15) is 22.6 Å². The van der Waals surface area contributed by atoms with Gasteiger partial charge < -0.3 is 13.9 Å². The molecule has 0 N–H and O–H groups in total. The Morgan fingerprint density at radius 3 is 2.85 bits per heavy atom. The summed E-state index contributed by atoms with van der Waals surface area (Å²) in [4.78, 5) is 23.1. The molecule has 6 heteroatoms. The van der Waals surface area contributed by atoms with E-state index in [2.05, 4.69) is 0 Å². The Morgan fingerprint density at radius 2 is 2.15 bits per heavy atom. The monoisotopic (exact) mass is 296 g/mol. The SMILES string of the molecule is CCOC(=O)COc1ccc2c(=O)c(Cl)coc2c1C. The summed E-state index contributed by atoms with van der Waals surface area (Å²) in [6, 6.07) is 3.16. The molecular formula is C14H13ClO5. The predicted octanol–water partition coefficient (Wildman–Crippen LogP) is 2.70. The molecule has 0 aliphatic heterocycles. The second-order valence-corrected chi connectivity index (χ2v) is 4.48. The molecule has 0 saturated heterocycles. The van der Waals surface area contributed by atoms with Crippen molar-refractivity contribution in [1.29, 1.82) is 0 Å². The fraction of sp³-hybridized carbons (Fsp3) is 0.286. The molecule has 106 valence electrons. The van der Waals surface area contributed by atoms with E-state index in [-0.39, 0.29) is 17.1 Å². The van der Waals surface area contributed by atoms with Crippen molar-refractivity contribution in [3.63, 3.8) is 0 Å². The van der Waals surface area contributed by atoms with Crippen LogP contribution in [0.15, 0.2) is 27.6 Å². The lowest BCUT2D eigenvalue weighted by atomic mass is 10.1. The minimum absolute atomic E-state index is 0.0251. The zero-order valence-electron chi connectivity index (χ0n) is 11.1. The third-order valence-electron chi connectivity index (χ3n) is 2.75. The molecule has 20 heavy (non-hydrogen) atoms. The number of hydrogen-bond acceptors (Lipinski definition) is 5. The van der Waals surface area contributed by atoms with Crippen molar-refractivity contribution >= 4 is 28.5 Å². The summed E-state index contributed by atoms with van der Waals surface area (Å²) in [5, 5.41) is 0.399. The topological polar surface area (TPSA) is 65.7 Å². The average molecular weight is 297 g/mol. The zero-order valence-corrected chi connectivity index (χ0v) is 11.8. The van der Waals surface area contributed by atoms with Crippen molar-refractivity contribution in [2.45, 2.75) is 13.8 Å². The minimum Gasteiger partial charge on any atom is -0.481 e. The first-order chi connectivity index (χ1) is 9.54. The molecule has 0 fully saturated rings. The Kier molecular flexibility index (Phi) is 4.29. The highest BCUT2D eigenvalue weighted by Crippen LogP contribution is 2.26. The Balaban J connectivity index is 2.33. The number of esters is 1. The fourth-order valence-corrected chi connectivity index (χ4v) is 1.94. The quantitative estimate of drug-likeness (QED) is 0.812. The van der Waals surface area contributed by atoms with Gasteiger partial charge in [-0.25, -0.2) is 4.79 Å². The van der Waals surface area contributed by atoms with Gasteiger partial charge in [0.25, 0.3) is 0 Å². The maximum atomic E-state index is 11.8. The first kappa shape index (κ1) is 14.4. The third kappa shape index (κ3) is 2.77. The van der Waals surface area contributed by atoms with E-state index in [1.54, 1.807) is 26.0 Å². The smallest absolute Gasteiger partial charge is 0.344 e. The van der Waals surface area contributed by atoms with Crippen molar-refractivity contribution in [2.75, 3.05) is 13.2 Å². The standard InChI is InChI=1S/C14H13ClO5/c1-3-18-12(16)7-19-11-5-4-9-13(17)10(15)6-20-14(9)8(11)2/h4-6H,3,7H2,1-2H3. The highest BCUT2D eigenvalue weighted by Gasteiger charge is 2.12. The van der Waals surface area contributed by atoms with Crippen molar-refractivity contribution in [3.05, 3.63) is 39.2 Å². The summed E-state index contributed by atoms with van der Waals surface area (Å²) >= 11 is 5.72. The summed E-state index contributed by atoms with van der Waals surface area (Å²) in [6.45, 7) is 3.56. The number of aryl methyl sites for hydroxylation is 1. The van der Waals surface area contributed by atoms with E-state index < -0.39 is 5.97 Å². The summed E-state index contributed by atoms with van der Waals surface area (Å²) in [5.41, 5.74) is 0.717. The normalized spacial score (nSPS) is 10.6. The maximum absolute atomic E-state index is 11.8. The van der Waals surface area contributed by atoms with Crippen LogP contribution >= 0.6 is 11.6 Å². The number of halogens is 1. The Bertz CT molecular complexity index is 705. The van der Waals surface area contributed by atoms with Crippen molar-refractivity contribution < 1.29 is 18.7 Å². The van der Waals surface area contributed by atoms with Crippen molar-refractivity contribution in [1.82, 2.24) is 0 Å². The number of carbonyl (C=O) groups is 1. The predicted molar refractivity (Wildman–Crippen MR) is 74.4 cm³/mol. The molecule has 0 saturated carbocycles. The Labute approximate surface area is 120 Å². The van der Waals surface area contributed by atoms with Crippen LogP contribution in [0.4, 0.5) is 0 Å². The van der Waals surface area contributed by atoms with E-state index in [4.69, 9.17) is 25.5 Å². The lowest BCUT2D eigenvalue weighted by Crippen LogP contribution is -2.15. The second kappa shape index (κ2) is 5.96. The van der Waals surface area contributed by atoms with Crippen LogP contribution in [0.25, 0.3) is 11.0 Å². The van der Waals surface area contributed by atoms with Crippen LogP contribution in [-0.4, -0.2) is 19.2 Å². The van der Waals surface area contributed by atoms with Gasteiger partial charge in [0.15, 0.2) is 6.61 Å². The van der Waals surface area contributed by atoms with Gasteiger partial charge in [0, 0.05) is 5.56 Å². The van der Waals surface area contributed by atoms with Crippen LogP contribution in [0.5, 0.6) is 5.75 Å². The van der Waals surface area contributed by atoms with Crippen LogP contribution in [0.1, 0.15) is 12.5 Å². The fourth-order valence-electron chi connectivity index (χ4n) is 1.79. The van der Waals surface area contributed by atoms with E-state index in [9.17, 15) is 9.59 Å². The number of ether oxygens (including phenoxy) is 2. The van der Waals surface area contributed by atoms with Crippen LogP contribution < -0.4 is 10.2 Å². The summed E-state index contributed by atoms with van der Waals surface area (Å²) in [6.07, 6.45) is 1.19. The number of rotatable bonds is 4. The van der Waals surface area contributed by atoms with E-state index >= 15 is 0 Å². The second-order valence-electron chi connectivity index (χ2n) is 4.07. The molecule has 0 radical (unpaired) electrons. The Morgan fingerprint density at radius 1 is 1.40 bits per heavy atom. The van der Waals surface area contributed by atoms with E-state index in [0.717, 1.165) is 0 Å². The lowest BCUT2D eigenvalue weighted by molar-refractivity contribution is -0.145. The highest BCUT2D eigenvalue weighted by atomic mass is 35.5.